The van der Waals surface area contributed by atoms with Gasteiger partial charge in [0.25, 0.3) is 0 Å². The van der Waals surface area contributed by atoms with Crippen LogP contribution in [-0.4, -0.2) is 23.9 Å². The number of likely N-dealkylation sites (tertiary alicyclic amines) is 1. The van der Waals surface area contributed by atoms with Crippen molar-refractivity contribution in [2.24, 2.45) is 5.92 Å². The van der Waals surface area contributed by atoms with E-state index in [0.717, 1.165) is 38.4 Å². The number of carbonyl (C=O) groups is 1. The Bertz CT molecular complexity index is 535. The molecule has 3 rings (SSSR count). The van der Waals surface area contributed by atoms with E-state index in [4.69, 9.17) is 0 Å². The van der Waals surface area contributed by atoms with Gasteiger partial charge in [0.1, 0.15) is 0 Å². The average molecular weight is 297 g/mol. The number of halogens is 3. The molecule has 1 aliphatic heterocycles. The molecule has 0 spiro atoms. The molecular weight excluding hydrogens is 279 g/mol. The summed E-state index contributed by atoms with van der Waals surface area (Å²) in [4.78, 5) is 14.2. The Morgan fingerprint density at radius 1 is 1.10 bits per heavy atom. The second-order valence-corrected chi connectivity index (χ2v) is 5.92. The van der Waals surface area contributed by atoms with Crippen LogP contribution in [0.4, 0.5) is 13.2 Å². The summed E-state index contributed by atoms with van der Waals surface area (Å²) in [6.07, 6.45) is -0.667. The van der Waals surface area contributed by atoms with Crippen molar-refractivity contribution in [1.29, 1.82) is 0 Å². The highest BCUT2D eigenvalue weighted by Crippen LogP contribution is 2.51. The second kappa shape index (κ2) is 5.35. The lowest BCUT2D eigenvalue weighted by Gasteiger charge is -2.27. The molecule has 114 valence electrons. The van der Waals surface area contributed by atoms with Gasteiger partial charge in [-0.05, 0) is 43.2 Å². The Labute approximate surface area is 121 Å². The minimum Gasteiger partial charge on any atom is -0.342 e. The maximum Gasteiger partial charge on any atom is 0.416 e. The molecule has 2 fully saturated rings. The predicted molar refractivity (Wildman–Crippen MR) is 72.7 cm³/mol. The molecule has 2 aliphatic rings. The van der Waals surface area contributed by atoms with Gasteiger partial charge in [0.05, 0.1) is 5.56 Å². The molecule has 1 aromatic rings. The number of alkyl halides is 3. The number of nitrogens with zero attached hydrogens (tertiary/aromatic N) is 1. The van der Waals surface area contributed by atoms with Crippen molar-refractivity contribution < 1.29 is 18.0 Å². The standard InChI is InChI=1S/C16H18F3NO/c17-16(18,19)14-7-3-2-6-11(14)12-10-13(12)15(21)20-8-4-1-5-9-20/h2-3,6-7,12-13H,1,4-5,8-10H2/t12-,13-/m0/s1. The van der Waals surface area contributed by atoms with Crippen LogP contribution in [0.25, 0.3) is 0 Å². The Hall–Kier alpha value is -1.52. The van der Waals surface area contributed by atoms with Crippen molar-refractivity contribution in [1.82, 2.24) is 4.90 Å². The average Bonchev–Trinajstić information content (AvgIpc) is 3.27. The van der Waals surface area contributed by atoms with E-state index in [1.807, 2.05) is 4.90 Å². The van der Waals surface area contributed by atoms with E-state index in [9.17, 15) is 18.0 Å². The van der Waals surface area contributed by atoms with E-state index in [-0.39, 0.29) is 23.3 Å². The predicted octanol–water partition coefficient (Wildman–Crippen LogP) is 3.82. The summed E-state index contributed by atoms with van der Waals surface area (Å²) in [6, 6.07) is 5.63. The summed E-state index contributed by atoms with van der Waals surface area (Å²) in [5.74, 6) is -0.486. The van der Waals surface area contributed by atoms with E-state index in [0.29, 0.717) is 6.42 Å². The van der Waals surface area contributed by atoms with Crippen molar-refractivity contribution in [2.75, 3.05) is 13.1 Å². The van der Waals surface area contributed by atoms with Crippen LogP contribution in [0.5, 0.6) is 0 Å². The molecule has 0 bridgehead atoms. The largest absolute Gasteiger partial charge is 0.416 e. The summed E-state index contributed by atoms with van der Waals surface area (Å²) >= 11 is 0. The van der Waals surface area contributed by atoms with E-state index in [2.05, 4.69) is 0 Å². The SMILES string of the molecule is O=C([C@H]1C[C@H]1c1ccccc1C(F)(F)F)N1CCCCC1. The van der Waals surface area contributed by atoms with Gasteiger partial charge < -0.3 is 4.90 Å². The minimum atomic E-state index is -4.35. The highest BCUT2D eigenvalue weighted by atomic mass is 19.4. The molecule has 1 saturated carbocycles. The minimum absolute atomic E-state index is 0.0386. The van der Waals surface area contributed by atoms with Crippen molar-refractivity contribution in [3.63, 3.8) is 0 Å². The van der Waals surface area contributed by atoms with E-state index < -0.39 is 11.7 Å². The van der Waals surface area contributed by atoms with Crippen molar-refractivity contribution in [2.45, 2.75) is 37.8 Å². The number of carbonyl (C=O) groups excluding carboxylic acids is 1. The maximum absolute atomic E-state index is 13.0. The quantitative estimate of drug-likeness (QED) is 0.812. The van der Waals surface area contributed by atoms with Gasteiger partial charge in [-0.15, -0.1) is 0 Å². The van der Waals surface area contributed by atoms with Gasteiger partial charge in [0, 0.05) is 19.0 Å². The smallest absolute Gasteiger partial charge is 0.342 e. The van der Waals surface area contributed by atoms with Crippen LogP contribution in [0.15, 0.2) is 24.3 Å². The van der Waals surface area contributed by atoms with Gasteiger partial charge in [-0.25, -0.2) is 0 Å². The monoisotopic (exact) mass is 297 g/mol. The van der Waals surface area contributed by atoms with Crippen LogP contribution >= 0.6 is 0 Å². The number of rotatable bonds is 2. The van der Waals surface area contributed by atoms with Gasteiger partial charge in [-0.1, -0.05) is 18.2 Å². The fourth-order valence-electron chi connectivity index (χ4n) is 3.24. The van der Waals surface area contributed by atoms with Gasteiger partial charge >= 0.3 is 6.18 Å². The maximum atomic E-state index is 13.0. The number of benzene rings is 1. The van der Waals surface area contributed by atoms with Crippen LogP contribution < -0.4 is 0 Å². The Morgan fingerprint density at radius 2 is 1.76 bits per heavy atom. The van der Waals surface area contributed by atoms with Gasteiger partial charge in [0.2, 0.25) is 5.91 Å². The molecule has 1 aromatic carbocycles. The lowest BCUT2D eigenvalue weighted by molar-refractivity contribution is -0.138. The van der Waals surface area contributed by atoms with Crippen LogP contribution in [0.2, 0.25) is 0 Å². The second-order valence-electron chi connectivity index (χ2n) is 5.92. The summed E-state index contributed by atoms with van der Waals surface area (Å²) in [5, 5.41) is 0. The molecule has 5 heteroatoms. The highest BCUT2D eigenvalue weighted by Gasteiger charge is 2.49. The van der Waals surface area contributed by atoms with Crippen LogP contribution in [0, 0.1) is 5.92 Å². The zero-order valence-electron chi connectivity index (χ0n) is 11.7. The molecule has 0 unspecified atom stereocenters. The Balaban J connectivity index is 1.74. The lowest BCUT2D eigenvalue weighted by atomic mass is 10.0. The molecule has 2 atom stereocenters. The first kappa shape index (κ1) is 14.4. The normalized spacial score (nSPS) is 25.8. The Kier molecular flexibility index (Phi) is 3.68. The molecule has 21 heavy (non-hydrogen) atoms. The first-order chi connectivity index (χ1) is 9.98. The molecular formula is C16H18F3NO. The highest BCUT2D eigenvalue weighted by molar-refractivity contribution is 5.83. The molecule has 1 amide bonds. The topological polar surface area (TPSA) is 20.3 Å². The zero-order chi connectivity index (χ0) is 15.0. The molecule has 0 radical (unpaired) electrons. The molecule has 1 aliphatic carbocycles. The summed E-state index contributed by atoms with van der Waals surface area (Å²) < 4.78 is 39.1. The van der Waals surface area contributed by atoms with Crippen molar-refractivity contribution in [3.05, 3.63) is 35.4 Å². The third-order valence-corrected chi connectivity index (χ3v) is 4.44. The summed E-state index contributed by atoms with van der Waals surface area (Å²) in [6.45, 7) is 1.51. The number of hydrogen-bond donors (Lipinski definition) is 0. The first-order valence-corrected chi connectivity index (χ1v) is 7.43. The fourth-order valence-corrected chi connectivity index (χ4v) is 3.24. The van der Waals surface area contributed by atoms with E-state index >= 15 is 0 Å². The van der Waals surface area contributed by atoms with E-state index in [1.165, 1.54) is 12.1 Å². The van der Waals surface area contributed by atoms with Gasteiger partial charge in [-0.3, -0.25) is 4.79 Å². The Morgan fingerprint density at radius 3 is 2.43 bits per heavy atom. The number of hydrogen-bond acceptors (Lipinski definition) is 1. The zero-order valence-corrected chi connectivity index (χ0v) is 11.7. The molecule has 0 N–H and O–H groups in total. The van der Waals surface area contributed by atoms with Crippen molar-refractivity contribution in [3.8, 4) is 0 Å². The van der Waals surface area contributed by atoms with Gasteiger partial charge in [0.15, 0.2) is 0 Å². The van der Waals surface area contributed by atoms with Crippen LogP contribution in [0.3, 0.4) is 0 Å². The van der Waals surface area contributed by atoms with E-state index in [1.54, 1.807) is 6.07 Å². The third kappa shape index (κ3) is 2.92. The molecule has 1 saturated heterocycles. The number of piperidine rings is 1. The van der Waals surface area contributed by atoms with Crippen molar-refractivity contribution >= 4 is 5.91 Å². The van der Waals surface area contributed by atoms with Gasteiger partial charge in [-0.2, -0.15) is 13.2 Å². The third-order valence-electron chi connectivity index (χ3n) is 4.44. The molecule has 0 aromatic heterocycles. The fraction of sp³-hybridized carbons (Fsp3) is 0.562. The number of amides is 1. The van der Waals surface area contributed by atoms with Crippen LogP contribution in [0.1, 0.15) is 42.7 Å². The molecule has 2 nitrogen and oxygen atoms in total. The summed E-state index contributed by atoms with van der Waals surface area (Å²) in [7, 11) is 0. The lowest BCUT2D eigenvalue weighted by Crippen LogP contribution is -2.36. The van der Waals surface area contributed by atoms with Crippen LogP contribution in [-0.2, 0) is 11.0 Å². The first-order valence-electron chi connectivity index (χ1n) is 7.43. The molecule has 1 heterocycles. The summed E-state index contributed by atoms with van der Waals surface area (Å²) in [5.41, 5.74) is -0.315.